The van der Waals surface area contributed by atoms with Crippen molar-refractivity contribution < 1.29 is 18.4 Å². The summed E-state index contributed by atoms with van der Waals surface area (Å²) in [7, 11) is 0. The van der Waals surface area contributed by atoms with Crippen LogP contribution in [-0.4, -0.2) is 11.8 Å². The van der Waals surface area contributed by atoms with Gasteiger partial charge in [0.05, 0.1) is 18.4 Å². The van der Waals surface area contributed by atoms with Crippen molar-refractivity contribution in [3.8, 4) is 0 Å². The van der Waals surface area contributed by atoms with E-state index in [1.165, 1.54) is 30.5 Å². The van der Waals surface area contributed by atoms with Gasteiger partial charge >= 0.3 is 0 Å². The lowest BCUT2D eigenvalue weighted by Gasteiger charge is -2.08. The number of furan rings is 1. The van der Waals surface area contributed by atoms with Gasteiger partial charge in [-0.1, -0.05) is 18.2 Å². The van der Waals surface area contributed by atoms with Gasteiger partial charge in [0, 0.05) is 11.3 Å². The van der Waals surface area contributed by atoms with Gasteiger partial charge in [-0.25, -0.2) is 4.39 Å². The van der Waals surface area contributed by atoms with E-state index in [0.29, 0.717) is 17.0 Å². The molecule has 0 saturated carbocycles. The van der Waals surface area contributed by atoms with E-state index in [2.05, 4.69) is 10.6 Å². The second-order valence-electron chi connectivity index (χ2n) is 5.28. The van der Waals surface area contributed by atoms with E-state index in [-0.39, 0.29) is 18.0 Å². The van der Waals surface area contributed by atoms with Crippen LogP contribution in [0.25, 0.3) is 0 Å². The molecule has 5 nitrogen and oxygen atoms in total. The van der Waals surface area contributed by atoms with E-state index in [9.17, 15) is 14.0 Å². The Balaban J connectivity index is 1.67. The Bertz CT molecular complexity index is 891. The molecule has 3 rings (SSSR count). The Kier molecular flexibility index (Phi) is 4.89. The van der Waals surface area contributed by atoms with E-state index >= 15 is 0 Å². The topological polar surface area (TPSA) is 71.3 Å². The van der Waals surface area contributed by atoms with Gasteiger partial charge in [0.15, 0.2) is 0 Å². The number of hydrogen-bond acceptors (Lipinski definition) is 3. The molecule has 0 saturated heterocycles. The maximum atomic E-state index is 13.7. The molecule has 0 aliphatic heterocycles. The number of halogens is 1. The fraction of sp³-hybridized carbons (Fsp3) is 0.0526. The van der Waals surface area contributed by atoms with Gasteiger partial charge in [0.2, 0.25) is 0 Å². The maximum Gasteiger partial charge on any atom is 0.258 e. The van der Waals surface area contributed by atoms with E-state index in [1.54, 1.807) is 36.4 Å². The molecule has 0 aliphatic carbocycles. The summed E-state index contributed by atoms with van der Waals surface area (Å²) in [5, 5.41) is 5.30. The molecule has 0 aliphatic rings. The summed E-state index contributed by atoms with van der Waals surface area (Å²) in [5.74, 6) is -0.852. The molecular weight excluding hydrogens is 323 g/mol. The molecule has 2 N–H and O–H groups in total. The van der Waals surface area contributed by atoms with Crippen LogP contribution in [0.3, 0.4) is 0 Å². The number of carbonyl (C=O) groups is 2. The summed E-state index contributed by atoms with van der Waals surface area (Å²) in [4.78, 5) is 24.3. The highest BCUT2D eigenvalue weighted by Gasteiger charge is 2.12. The lowest BCUT2D eigenvalue weighted by atomic mass is 10.1. The van der Waals surface area contributed by atoms with Crippen LogP contribution in [0.4, 0.5) is 10.1 Å². The van der Waals surface area contributed by atoms with Crippen LogP contribution in [-0.2, 0) is 6.54 Å². The minimum Gasteiger partial charge on any atom is -0.467 e. The molecule has 25 heavy (non-hydrogen) atoms. The lowest BCUT2D eigenvalue weighted by Crippen LogP contribution is -2.22. The van der Waals surface area contributed by atoms with Crippen LogP contribution in [0.2, 0.25) is 0 Å². The van der Waals surface area contributed by atoms with Crippen LogP contribution in [0.15, 0.2) is 71.3 Å². The largest absolute Gasteiger partial charge is 0.467 e. The summed E-state index contributed by atoms with van der Waals surface area (Å²) < 4.78 is 18.8. The number of amides is 2. The molecule has 0 spiro atoms. The summed E-state index contributed by atoms with van der Waals surface area (Å²) >= 11 is 0. The fourth-order valence-corrected chi connectivity index (χ4v) is 2.26. The van der Waals surface area contributed by atoms with Crippen molar-refractivity contribution in [1.82, 2.24) is 5.32 Å². The van der Waals surface area contributed by atoms with Crippen LogP contribution in [0.1, 0.15) is 26.5 Å². The molecule has 0 atom stereocenters. The first-order chi connectivity index (χ1) is 12.1. The van der Waals surface area contributed by atoms with Crippen molar-refractivity contribution in [3.05, 3.63) is 89.6 Å². The van der Waals surface area contributed by atoms with Gasteiger partial charge in [0.1, 0.15) is 11.6 Å². The molecule has 0 bridgehead atoms. The maximum absolute atomic E-state index is 13.7. The number of benzene rings is 2. The predicted molar refractivity (Wildman–Crippen MR) is 90.7 cm³/mol. The van der Waals surface area contributed by atoms with Crippen molar-refractivity contribution in [2.24, 2.45) is 0 Å². The second kappa shape index (κ2) is 7.44. The molecule has 1 heterocycles. The third kappa shape index (κ3) is 4.11. The van der Waals surface area contributed by atoms with Crippen LogP contribution in [0.5, 0.6) is 0 Å². The number of carbonyl (C=O) groups excluding carboxylic acids is 2. The lowest BCUT2D eigenvalue weighted by molar-refractivity contribution is 0.0946. The highest BCUT2D eigenvalue weighted by Crippen LogP contribution is 2.14. The van der Waals surface area contributed by atoms with Crippen molar-refractivity contribution >= 4 is 17.5 Å². The smallest absolute Gasteiger partial charge is 0.258 e. The Morgan fingerprint density at radius 2 is 1.80 bits per heavy atom. The van der Waals surface area contributed by atoms with E-state index in [1.807, 2.05) is 0 Å². The average molecular weight is 338 g/mol. The van der Waals surface area contributed by atoms with Crippen LogP contribution < -0.4 is 10.6 Å². The molecule has 0 unspecified atom stereocenters. The van der Waals surface area contributed by atoms with Crippen molar-refractivity contribution in [2.75, 3.05) is 5.32 Å². The molecular formula is C19H15FN2O3. The SMILES string of the molecule is O=C(NCc1ccco1)c1cccc(NC(=O)c2ccccc2F)c1. The zero-order chi connectivity index (χ0) is 17.6. The first-order valence-corrected chi connectivity index (χ1v) is 7.60. The van der Waals surface area contributed by atoms with Crippen LogP contribution in [0, 0.1) is 5.82 Å². The van der Waals surface area contributed by atoms with Gasteiger partial charge in [-0.2, -0.15) is 0 Å². The molecule has 126 valence electrons. The highest BCUT2D eigenvalue weighted by molar-refractivity contribution is 6.05. The Hall–Kier alpha value is -3.41. The zero-order valence-corrected chi connectivity index (χ0v) is 13.2. The molecule has 1 aromatic heterocycles. The van der Waals surface area contributed by atoms with Gasteiger partial charge < -0.3 is 15.1 Å². The summed E-state index contributed by atoms with van der Waals surface area (Å²) in [6.45, 7) is 0.262. The second-order valence-corrected chi connectivity index (χ2v) is 5.28. The first kappa shape index (κ1) is 16.4. The monoisotopic (exact) mass is 338 g/mol. The van der Waals surface area contributed by atoms with Gasteiger partial charge in [-0.3, -0.25) is 9.59 Å². The molecule has 0 radical (unpaired) electrons. The predicted octanol–water partition coefficient (Wildman–Crippen LogP) is 3.60. The highest BCUT2D eigenvalue weighted by atomic mass is 19.1. The Labute approximate surface area is 143 Å². The molecule has 0 fully saturated rings. The van der Waals surface area contributed by atoms with Gasteiger partial charge in [0.25, 0.3) is 11.8 Å². The average Bonchev–Trinajstić information content (AvgIpc) is 3.14. The van der Waals surface area contributed by atoms with Crippen molar-refractivity contribution in [2.45, 2.75) is 6.54 Å². The molecule has 2 aromatic carbocycles. The Morgan fingerprint density at radius 3 is 2.56 bits per heavy atom. The van der Waals surface area contributed by atoms with Gasteiger partial charge in [-0.15, -0.1) is 0 Å². The minimum absolute atomic E-state index is 0.0600. The quantitative estimate of drug-likeness (QED) is 0.747. The summed E-state index contributed by atoms with van der Waals surface area (Å²) in [6, 6.07) is 15.6. The van der Waals surface area contributed by atoms with E-state index < -0.39 is 11.7 Å². The zero-order valence-electron chi connectivity index (χ0n) is 13.2. The number of nitrogens with one attached hydrogen (secondary N) is 2. The number of anilines is 1. The first-order valence-electron chi connectivity index (χ1n) is 7.60. The minimum atomic E-state index is -0.604. The third-order valence-electron chi connectivity index (χ3n) is 3.50. The molecule has 2 amide bonds. The molecule has 3 aromatic rings. The summed E-state index contributed by atoms with van der Waals surface area (Å²) in [6.07, 6.45) is 1.53. The van der Waals surface area contributed by atoms with E-state index in [0.717, 1.165) is 0 Å². The van der Waals surface area contributed by atoms with Crippen molar-refractivity contribution in [1.29, 1.82) is 0 Å². The fourth-order valence-electron chi connectivity index (χ4n) is 2.26. The van der Waals surface area contributed by atoms with Crippen molar-refractivity contribution in [3.63, 3.8) is 0 Å². The summed E-state index contributed by atoms with van der Waals surface area (Å²) in [5.41, 5.74) is 0.715. The molecule has 6 heteroatoms. The van der Waals surface area contributed by atoms with E-state index in [4.69, 9.17) is 4.42 Å². The Morgan fingerprint density at radius 1 is 0.960 bits per heavy atom. The van der Waals surface area contributed by atoms with Gasteiger partial charge in [-0.05, 0) is 42.5 Å². The number of rotatable bonds is 5. The standard InChI is InChI=1S/C19H15FN2O3/c20-17-9-2-1-8-16(17)19(24)22-14-6-3-5-13(11-14)18(23)21-12-15-7-4-10-25-15/h1-11H,12H2,(H,21,23)(H,22,24). The van der Waals surface area contributed by atoms with Crippen LogP contribution >= 0.6 is 0 Å². The third-order valence-corrected chi connectivity index (χ3v) is 3.50. The number of hydrogen-bond donors (Lipinski definition) is 2. The normalized spacial score (nSPS) is 10.3.